The molecular weight excluding hydrogens is 258 g/mol. The lowest BCUT2D eigenvalue weighted by Crippen LogP contribution is -2.35. The number of carbonyl (C=O) groups is 2. The van der Waals surface area contributed by atoms with Crippen LogP contribution in [0.1, 0.15) is 27.8 Å². The molecule has 0 saturated carbocycles. The van der Waals surface area contributed by atoms with Crippen molar-refractivity contribution in [3.05, 3.63) is 53.6 Å². The Morgan fingerprint density at radius 2 is 2.20 bits per heavy atom. The van der Waals surface area contributed by atoms with Crippen LogP contribution in [0.25, 0.3) is 0 Å². The van der Waals surface area contributed by atoms with E-state index in [2.05, 4.69) is 15.3 Å². The van der Waals surface area contributed by atoms with E-state index in [0.717, 1.165) is 5.56 Å². The molecule has 20 heavy (non-hydrogen) atoms. The number of benzene rings is 1. The van der Waals surface area contributed by atoms with Crippen molar-refractivity contribution in [2.45, 2.75) is 13.0 Å². The van der Waals surface area contributed by atoms with Gasteiger partial charge in [0.15, 0.2) is 11.9 Å². The summed E-state index contributed by atoms with van der Waals surface area (Å²) in [6.07, 6.45) is 3.00. The molecule has 6 heteroatoms. The molecule has 1 aromatic heterocycles. The first kappa shape index (κ1) is 13.8. The van der Waals surface area contributed by atoms with Crippen LogP contribution < -0.4 is 5.32 Å². The summed E-state index contributed by atoms with van der Waals surface area (Å²) < 4.78 is 4.74. The fourth-order valence-electron chi connectivity index (χ4n) is 1.83. The second-order valence-corrected chi connectivity index (χ2v) is 4.28. The number of rotatable bonds is 4. The summed E-state index contributed by atoms with van der Waals surface area (Å²) >= 11 is 0. The third-order valence-corrected chi connectivity index (χ3v) is 2.80. The first-order valence-electron chi connectivity index (χ1n) is 6.06. The molecule has 104 valence electrons. The van der Waals surface area contributed by atoms with Crippen molar-refractivity contribution in [1.82, 2.24) is 15.3 Å². The zero-order valence-electron chi connectivity index (χ0n) is 11.2. The van der Waals surface area contributed by atoms with E-state index in [4.69, 9.17) is 4.74 Å². The zero-order chi connectivity index (χ0) is 14.5. The van der Waals surface area contributed by atoms with Crippen LogP contribution in [0, 0.1) is 6.92 Å². The zero-order valence-corrected chi connectivity index (χ0v) is 11.2. The highest BCUT2D eigenvalue weighted by Gasteiger charge is 2.24. The summed E-state index contributed by atoms with van der Waals surface area (Å²) in [4.78, 5) is 30.4. The molecule has 0 aliphatic heterocycles. The maximum absolute atomic E-state index is 12.0. The van der Waals surface area contributed by atoms with Crippen LogP contribution in [-0.2, 0) is 9.53 Å². The van der Waals surface area contributed by atoms with Gasteiger partial charge in [0.2, 0.25) is 0 Å². The number of imidazole rings is 1. The Hall–Kier alpha value is -2.63. The molecule has 1 amide bonds. The summed E-state index contributed by atoms with van der Waals surface area (Å²) in [6, 6.07) is 6.45. The van der Waals surface area contributed by atoms with E-state index in [9.17, 15) is 9.59 Å². The van der Waals surface area contributed by atoms with Gasteiger partial charge < -0.3 is 15.0 Å². The predicted molar refractivity (Wildman–Crippen MR) is 72.0 cm³/mol. The lowest BCUT2D eigenvalue weighted by molar-refractivity contribution is -0.143. The second-order valence-electron chi connectivity index (χ2n) is 4.28. The topological polar surface area (TPSA) is 84.1 Å². The largest absolute Gasteiger partial charge is 0.467 e. The molecule has 1 atom stereocenters. The van der Waals surface area contributed by atoms with Crippen LogP contribution in [0.4, 0.5) is 0 Å². The van der Waals surface area contributed by atoms with Gasteiger partial charge in [-0.25, -0.2) is 9.78 Å². The highest BCUT2D eigenvalue weighted by atomic mass is 16.5. The molecule has 1 aromatic carbocycles. The predicted octanol–water partition coefficient (Wildman–Crippen LogP) is 1.36. The molecule has 0 aliphatic rings. The number of nitrogens with zero attached hydrogens (tertiary/aromatic N) is 1. The highest BCUT2D eigenvalue weighted by molar-refractivity contribution is 5.94. The summed E-state index contributed by atoms with van der Waals surface area (Å²) in [6.45, 7) is 1.91. The Balaban J connectivity index is 2.25. The van der Waals surface area contributed by atoms with Crippen LogP contribution >= 0.6 is 0 Å². The second kappa shape index (κ2) is 6.01. The molecule has 1 unspecified atom stereocenters. The van der Waals surface area contributed by atoms with Crippen molar-refractivity contribution in [3.8, 4) is 0 Å². The van der Waals surface area contributed by atoms with Crippen molar-refractivity contribution in [3.63, 3.8) is 0 Å². The van der Waals surface area contributed by atoms with Crippen LogP contribution in [-0.4, -0.2) is 29.0 Å². The minimum atomic E-state index is -0.863. The van der Waals surface area contributed by atoms with Crippen LogP contribution in [0.2, 0.25) is 0 Å². The van der Waals surface area contributed by atoms with Gasteiger partial charge in [0.05, 0.1) is 7.11 Å². The van der Waals surface area contributed by atoms with E-state index in [0.29, 0.717) is 5.56 Å². The van der Waals surface area contributed by atoms with E-state index in [-0.39, 0.29) is 5.82 Å². The van der Waals surface area contributed by atoms with Gasteiger partial charge in [-0.2, -0.15) is 0 Å². The van der Waals surface area contributed by atoms with Gasteiger partial charge >= 0.3 is 5.97 Å². The minimum Gasteiger partial charge on any atom is -0.467 e. The smallest absolute Gasteiger partial charge is 0.333 e. The first-order chi connectivity index (χ1) is 9.61. The Morgan fingerprint density at radius 1 is 1.40 bits per heavy atom. The van der Waals surface area contributed by atoms with Crippen molar-refractivity contribution in [2.24, 2.45) is 0 Å². The lowest BCUT2D eigenvalue weighted by atomic mass is 10.0. The Kier molecular flexibility index (Phi) is 4.14. The van der Waals surface area contributed by atoms with Gasteiger partial charge in [0, 0.05) is 12.4 Å². The third kappa shape index (κ3) is 3.03. The van der Waals surface area contributed by atoms with Gasteiger partial charge in [0.25, 0.3) is 5.91 Å². The van der Waals surface area contributed by atoms with Crippen molar-refractivity contribution in [1.29, 1.82) is 0 Å². The molecule has 0 radical (unpaired) electrons. The Morgan fingerprint density at radius 3 is 2.80 bits per heavy atom. The number of aromatic nitrogens is 2. The molecule has 0 spiro atoms. The van der Waals surface area contributed by atoms with Gasteiger partial charge in [0.1, 0.15) is 0 Å². The molecule has 2 N–H and O–H groups in total. The fourth-order valence-corrected chi connectivity index (χ4v) is 1.83. The normalized spacial score (nSPS) is 11.7. The molecule has 0 aliphatic carbocycles. The molecule has 2 aromatic rings. The molecule has 0 bridgehead atoms. The molecule has 6 nitrogen and oxygen atoms in total. The number of aromatic amines is 1. The van der Waals surface area contributed by atoms with E-state index in [1.54, 1.807) is 6.07 Å². The van der Waals surface area contributed by atoms with Crippen LogP contribution in [0.5, 0.6) is 0 Å². The number of aryl methyl sites for hydroxylation is 1. The summed E-state index contributed by atoms with van der Waals surface area (Å²) in [5, 5.41) is 2.61. The molecule has 2 rings (SSSR count). The standard InChI is InChI=1S/C14H15N3O3/c1-9-4-3-5-10(8-9)11(14(19)20-2)17-13(18)12-15-6-7-16-12/h3-8,11H,1-2H3,(H,15,16)(H,17,18). The van der Waals surface area contributed by atoms with Crippen molar-refractivity contribution in [2.75, 3.05) is 7.11 Å². The van der Waals surface area contributed by atoms with Crippen molar-refractivity contribution < 1.29 is 14.3 Å². The van der Waals surface area contributed by atoms with E-state index in [1.807, 2.05) is 25.1 Å². The van der Waals surface area contributed by atoms with Gasteiger partial charge in [-0.05, 0) is 12.5 Å². The highest BCUT2D eigenvalue weighted by Crippen LogP contribution is 2.16. The lowest BCUT2D eigenvalue weighted by Gasteiger charge is -2.16. The van der Waals surface area contributed by atoms with Gasteiger partial charge in [-0.1, -0.05) is 29.8 Å². The average molecular weight is 273 g/mol. The number of methoxy groups -OCH3 is 1. The number of hydrogen-bond donors (Lipinski definition) is 2. The van der Waals surface area contributed by atoms with E-state index < -0.39 is 17.9 Å². The van der Waals surface area contributed by atoms with E-state index >= 15 is 0 Å². The summed E-state index contributed by atoms with van der Waals surface area (Å²) in [5.41, 5.74) is 1.65. The maximum atomic E-state index is 12.0. The average Bonchev–Trinajstić information content (AvgIpc) is 2.98. The maximum Gasteiger partial charge on any atom is 0.333 e. The van der Waals surface area contributed by atoms with Crippen LogP contribution in [0.3, 0.4) is 0 Å². The third-order valence-electron chi connectivity index (χ3n) is 2.80. The number of hydrogen-bond acceptors (Lipinski definition) is 4. The number of carbonyl (C=O) groups excluding carboxylic acids is 2. The van der Waals surface area contributed by atoms with Crippen LogP contribution in [0.15, 0.2) is 36.7 Å². The Bertz CT molecular complexity index is 608. The van der Waals surface area contributed by atoms with Crippen molar-refractivity contribution >= 4 is 11.9 Å². The fraction of sp³-hybridized carbons (Fsp3) is 0.214. The number of ether oxygens (including phenoxy) is 1. The van der Waals surface area contributed by atoms with Gasteiger partial charge in [-0.3, -0.25) is 4.79 Å². The summed E-state index contributed by atoms with van der Waals surface area (Å²) in [5.74, 6) is -0.853. The molecule has 0 fully saturated rings. The molecular formula is C14H15N3O3. The quantitative estimate of drug-likeness (QED) is 0.824. The molecule has 1 heterocycles. The monoisotopic (exact) mass is 273 g/mol. The summed E-state index contributed by atoms with van der Waals surface area (Å²) in [7, 11) is 1.28. The number of esters is 1. The van der Waals surface area contributed by atoms with Gasteiger partial charge in [-0.15, -0.1) is 0 Å². The number of H-pyrrole nitrogens is 1. The Labute approximate surface area is 116 Å². The van der Waals surface area contributed by atoms with E-state index in [1.165, 1.54) is 19.5 Å². The minimum absolute atomic E-state index is 0.145. The number of amides is 1. The number of nitrogens with one attached hydrogen (secondary N) is 2. The SMILES string of the molecule is COC(=O)C(NC(=O)c1ncc[nH]1)c1cccc(C)c1. The molecule has 0 saturated heterocycles. The first-order valence-corrected chi connectivity index (χ1v) is 6.06.